The predicted octanol–water partition coefficient (Wildman–Crippen LogP) is 3.91. The van der Waals surface area contributed by atoms with Crippen molar-refractivity contribution in [3.8, 4) is 0 Å². The van der Waals surface area contributed by atoms with Crippen LogP contribution >= 0.6 is 11.6 Å². The lowest BCUT2D eigenvalue weighted by atomic mass is 10.0. The molecular formula is C16H20ClN3O. The van der Waals surface area contributed by atoms with Gasteiger partial charge in [-0.15, -0.1) is 0 Å². The van der Waals surface area contributed by atoms with Crippen molar-refractivity contribution in [2.75, 3.05) is 0 Å². The van der Waals surface area contributed by atoms with Crippen LogP contribution in [0.1, 0.15) is 43.9 Å². The second kappa shape index (κ2) is 5.60. The summed E-state index contributed by atoms with van der Waals surface area (Å²) in [6.07, 6.45) is 2.19. The lowest BCUT2D eigenvalue weighted by molar-refractivity contribution is 0.240. The van der Waals surface area contributed by atoms with Crippen molar-refractivity contribution < 1.29 is 4.79 Å². The second-order valence-electron chi connectivity index (χ2n) is 6.01. The third-order valence-electron chi connectivity index (χ3n) is 3.77. The molecule has 0 spiro atoms. The SMILES string of the molecule is CC(C)c1cc2[nH]c(CNC(=O)NC3CC3)cc2cc1Cl. The number of urea groups is 1. The highest BCUT2D eigenvalue weighted by molar-refractivity contribution is 6.32. The fourth-order valence-electron chi connectivity index (χ4n) is 2.41. The molecule has 112 valence electrons. The molecule has 2 aromatic rings. The van der Waals surface area contributed by atoms with Crippen LogP contribution in [0.25, 0.3) is 10.9 Å². The minimum Gasteiger partial charge on any atom is -0.357 e. The summed E-state index contributed by atoms with van der Waals surface area (Å²) in [7, 11) is 0. The summed E-state index contributed by atoms with van der Waals surface area (Å²) < 4.78 is 0. The highest BCUT2D eigenvalue weighted by Gasteiger charge is 2.22. The number of hydrogen-bond acceptors (Lipinski definition) is 1. The molecular weight excluding hydrogens is 286 g/mol. The van der Waals surface area contributed by atoms with Gasteiger partial charge in [0.15, 0.2) is 0 Å². The predicted molar refractivity (Wildman–Crippen MR) is 85.8 cm³/mol. The number of fused-ring (bicyclic) bond motifs is 1. The third-order valence-corrected chi connectivity index (χ3v) is 4.10. The van der Waals surface area contributed by atoms with E-state index in [0.717, 1.165) is 40.0 Å². The Morgan fingerprint density at radius 1 is 1.38 bits per heavy atom. The Hall–Kier alpha value is -1.68. The second-order valence-corrected chi connectivity index (χ2v) is 6.42. The van der Waals surface area contributed by atoms with Gasteiger partial charge >= 0.3 is 6.03 Å². The number of amides is 2. The molecule has 0 bridgehead atoms. The Bertz CT molecular complexity index is 673. The number of carbonyl (C=O) groups is 1. The quantitative estimate of drug-likeness (QED) is 0.788. The van der Waals surface area contributed by atoms with Gasteiger partial charge in [-0.2, -0.15) is 0 Å². The molecule has 0 atom stereocenters. The van der Waals surface area contributed by atoms with Crippen LogP contribution in [0.4, 0.5) is 4.79 Å². The van der Waals surface area contributed by atoms with Crippen LogP contribution in [-0.4, -0.2) is 17.1 Å². The number of halogens is 1. The van der Waals surface area contributed by atoms with Gasteiger partial charge in [-0.25, -0.2) is 4.79 Å². The molecule has 1 fully saturated rings. The van der Waals surface area contributed by atoms with Gasteiger partial charge in [-0.3, -0.25) is 0 Å². The average Bonchev–Trinajstić information content (AvgIpc) is 3.13. The van der Waals surface area contributed by atoms with Crippen molar-refractivity contribution in [1.82, 2.24) is 15.6 Å². The summed E-state index contributed by atoms with van der Waals surface area (Å²) in [6, 6.07) is 6.38. The van der Waals surface area contributed by atoms with Crippen molar-refractivity contribution in [3.05, 3.63) is 34.5 Å². The molecule has 1 aromatic heterocycles. The van der Waals surface area contributed by atoms with Crippen LogP contribution < -0.4 is 10.6 Å². The summed E-state index contributed by atoms with van der Waals surface area (Å²) >= 11 is 6.31. The molecule has 0 radical (unpaired) electrons. The zero-order valence-electron chi connectivity index (χ0n) is 12.3. The van der Waals surface area contributed by atoms with E-state index in [1.807, 2.05) is 12.1 Å². The molecule has 0 saturated heterocycles. The van der Waals surface area contributed by atoms with Crippen molar-refractivity contribution in [2.24, 2.45) is 0 Å². The largest absolute Gasteiger partial charge is 0.357 e. The lowest BCUT2D eigenvalue weighted by Gasteiger charge is -2.07. The maximum Gasteiger partial charge on any atom is 0.315 e. The lowest BCUT2D eigenvalue weighted by Crippen LogP contribution is -2.36. The first-order valence-corrected chi connectivity index (χ1v) is 7.76. The summed E-state index contributed by atoms with van der Waals surface area (Å²) in [5.74, 6) is 0.385. The van der Waals surface area contributed by atoms with E-state index < -0.39 is 0 Å². The van der Waals surface area contributed by atoms with Crippen LogP contribution in [0, 0.1) is 0 Å². The first-order valence-electron chi connectivity index (χ1n) is 7.38. The van der Waals surface area contributed by atoms with E-state index in [1.54, 1.807) is 0 Å². The van der Waals surface area contributed by atoms with Gasteiger partial charge in [0, 0.05) is 27.7 Å². The summed E-state index contributed by atoms with van der Waals surface area (Å²) in [4.78, 5) is 15.0. The van der Waals surface area contributed by atoms with E-state index in [9.17, 15) is 4.79 Å². The molecule has 4 nitrogen and oxygen atoms in total. The monoisotopic (exact) mass is 305 g/mol. The topological polar surface area (TPSA) is 56.9 Å². The molecule has 1 saturated carbocycles. The highest BCUT2D eigenvalue weighted by Crippen LogP contribution is 2.29. The Morgan fingerprint density at radius 3 is 2.81 bits per heavy atom. The van der Waals surface area contributed by atoms with Crippen LogP contribution in [0.15, 0.2) is 18.2 Å². The van der Waals surface area contributed by atoms with Crippen molar-refractivity contribution in [2.45, 2.75) is 45.2 Å². The Balaban J connectivity index is 1.72. The Kier molecular flexibility index (Phi) is 3.81. The number of aromatic nitrogens is 1. The molecule has 5 heteroatoms. The molecule has 0 aliphatic heterocycles. The number of benzene rings is 1. The molecule has 1 aromatic carbocycles. The van der Waals surface area contributed by atoms with Gasteiger partial charge in [-0.1, -0.05) is 25.4 Å². The van der Waals surface area contributed by atoms with Gasteiger partial charge in [0.2, 0.25) is 0 Å². The molecule has 0 unspecified atom stereocenters. The molecule has 3 rings (SSSR count). The molecule has 1 heterocycles. The van der Waals surface area contributed by atoms with Gasteiger partial charge in [-0.05, 0) is 42.5 Å². The van der Waals surface area contributed by atoms with E-state index in [1.165, 1.54) is 0 Å². The standard InChI is InChI=1S/C16H20ClN3O/c1-9(2)13-7-15-10(6-14(13)17)5-12(19-15)8-18-16(21)20-11-3-4-11/h5-7,9,11,19H,3-4,8H2,1-2H3,(H2,18,20,21). The smallest absolute Gasteiger partial charge is 0.315 e. The molecule has 1 aliphatic carbocycles. The zero-order valence-corrected chi connectivity index (χ0v) is 13.1. The zero-order chi connectivity index (χ0) is 15.0. The minimum atomic E-state index is -0.0999. The third kappa shape index (κ3) is 3.32. The highest BCUT2D eigenvalue weighted by atomic mass is 35.5. The normalized spacial score (nSPS) is 14.7. The van der Waals surface area contributed by atoms with Gasteiger partial charge in [0.1, 0.15) is 0 Å². The minimum absolute atomic E-state index is 0.0999. The average molecular weight is 306 g/mol. The molecule has 21 heavy (non-hydrogen) atoms. The maximum absolute atomic E-state index is 11.6. The van der Waals surface area contributed by atoms with E-state index in [-0.39, 0.29) is 6.03 Å². The first-order chi connectivity index (χ1) is 10.0. The van der Waals surface area contributed by atoms with Gasteiger partial charge < -0.3 is 15.6 Å². The number of H-pyrrole nitrogens is 1. The van der Waals surface area contributed by atoms with Gasteiger partial charge in [0.05, 0.1) is 6.54 Å². The number of rotatable bonds is 4. The first kappa shape index (κ1) is 14.3. The summed E-state index contributed by atoms with van der Waals surface area (Å²) in [6.45, 7) is 4.74. The van der Waals surface area contributed by atoms with E-state index >= 15 is 0 Å². The number of aromatic amines is 1. The van der Waals surface area contributed by atoms with Gasteiger partial charge in [0.25, 0.3) is 0 Å². The van der Waals surface area contributed by atoms with E-state index in [4.69, 9.17) is 11.6 Å². The van der Waals surface area contributed by atoms with E-state index in [0.29, 0.717) is 18.5 Å². The maximum atomic E-state index is 11.6. The van der Waals surface area contributed by atoms with Crippen LogP contribution in [0.2, 0.25) is 5.02 Å². The van der Waals surface area contributed by atoms with Crippen molar-refractivity contribution in [3.63, 3.8) is 0 Å². The Morgan fingerprint density at radius 2 is 2.14 bits per heavy atom. The van der Waals surface area contributed by atoms with Crippen molar-refractivity contribution >= 4 is 28.5 Å². The summed E-state index contributed by atoms with van der Waals surface area (Å²) in [5, 5.41) is 7.64. The number of nitrogens with one attached hydrogen (secondary N) is 3. The summed E-state index contributed by atoms with van der Waals surface area (Å²) in [5.41, 5.74) is 3.17. The van der Waals surface area contributed by atoms with Crippen LogP contribution in [0.3, 0.4) is 0 Å². The van der Waals surface area contributed by atoms with Crippen LogP contribution in [-0.2, 0) is 6.54 Å². The van der Waals surface area contributed by atoms with E-state index in [2.05, 4.69) is 35.5 Å². The molecule has 3 N–H and O–H groups in total. The molecule has 1 aliphatic rings. The van der Waals surface area contributed by atoms with Crippen LogP contribution in [0.5, 0.6) is 0 Å². The fourth-order valence-corrected chi connectivity index (χ4v) is 2.80. The molecule has 2 amide bonds. The van der Waals surface area contributed by atoms with Crippen molar-refractivity contribution in [1.29, 1.82) is 0 Å². The Labute approximate surface area is 129 Å². The number of hydrogen-bond donors (Lipinski definition) is 3. The number of carbonyl (C=O) groups excluding carboxylic acids is 1. The fraction of sp³-hybridized carbons (Fsp3) is 0.438.